The number of nitrogens with two attached hydrogens (primary N) is 1. The number of benzene rings is 2. The van der Waals surface area contributed by atoms with Gasteiger partial charge in [0.05, 0.1) is 23.7 Å². The van der Waals surface area contributed by atoms with Crippen molar-refractivity contribution in [3.05, 3.63) is 82.1 Å². The van der Waals surface area contributed by atoms with E-state index in [1.807, 2.05) is 18.7 Å². The topological polar surface area (TPSA) is 111 Å². The van der Waals surface area contributed by atoms with Gasteiger partial charge in [0.1, 0.15) is 17.1 Å². The van der Waals surface area contributed by atoms with Crippen LogP contribution in [-0.4, -0.2) is 57.1 Å². The fourth-order valence-electron chi connectivity index (χ4n) is 6.00. The number of amides is 1. The zero-order valence-electron chi connectivity index (χ0n) is 23.8. The maximum Gasteiger partial charge on any atom is 0.417 e. The highest BCUT2D eigenvalue weighted by Gasteiger charge is 2.39. The summed E-state index contributed by atoms with van der Waals surface area (Å²) < 4.78 is 61.0. The molecule has 2 aliphatic heterocycles. The average Bonchev–Trinajstić information content (AvgIpc) is 3.15. The number of carbonyl (C=O) groups excluding carboxylic acids is 1. The SMILES string of the molecule is C[C@@H]1CN(c2nc(=O)n3c4c(c(-c5ccc(F)cc5)c(C(F)(F)F)cc24)SC[C@@H](N=c2ccccn2C(N)=O)C3)C[C@H](C)N1. The van der Waals surface area contributed by atoms with E-state index in [9.17, 15) is 27.2 Å². The quantitative estimate of drug-likeness (QED) is 0.330. The van der Waals surface area contributed by atoms with Crippen LogP contribution in [0, 0.1) is 5.82 Å². The van der Waals surface area contributed by atoms with E-state index in [-0.39, 0.29) is 57.1 Å². The normalized spacial score (nSPS) is 21.0. The van der Waals surface area contributed by atoms with Crippen LogP contribution in [0.5, 0.6) is 0 Å². The first-order valence-corrected chi connectivity index (χ1v) is 15.0. The van der Waals surface area contributed by atoms with Crippen molar-refractivity contribution in [2.75, 3.05) is 23.7 Å². The van der Waals surface area contributed by atoms with E-state index in [1.54, 1.807) is 18.2 Å². The molecule has 1 fully saturated rings. The molecule has 4 aromatic rings. The van der Waals surface area contributed by atoms with Crippen LogP contribution in [0.4, 0.5) is 28.2 Å². The molecule has 0 spiro atoms. The molecule has 6 rings (SSSR count). The molecule has 2 aliphatic rings. The van der Waals surface area contributed by atoms with Crippen LogP contribution in [0.2, 0.25) is 0 Å². The summed E-state index contributed by atoms with van der Waals surface area (Å²) in [5, 5.41) is 3.59. The minimum absolute atomic E-state index is 0.00114. The van der Waals surface area contributed by atoms with E-state index < -0.39 is 35.3 Å². The van der Waals surface area contributed by atoms with Crippen LogP contribution >= 0.6 is 11.8 Å². The Morgan fingerprint density at radius 3 is 2.45 bits per heavy atom. The molecule has 0 radical (unpaired) electrons. The van der Waals surface area contributed by atoms with Gasteiger partial charge in [-0.2, -0.15) is 18.2 Å². The molecule has 1 saturated heterocycles. The van der Waals surface area contributed by atoms with Crippen molar-refractivity contribution in [1.29, 1.82) is 0 Å². The number of nitrogens with one attached hydrogen (secondary N) is 1. The van der Waals surface area contributed by atoms with E-state index in [4.69, 9.17) is 10.7 Å². The molecule has 0 bridgehead atoms. The summed E-state index contributed by atoms with van der Waals surface area (Å²) >= 11 is 1.13. The maximum atomic E-state index is 14.9. The van der Waals surface area contributed by atoms with Crippen LogP contribution in [-0.2, 0) is 12.7 Å². The standard InChI is InChI=1S/C30H29F4N7O2S/c1-16-12-39(13-17(2)36-16)27-21-11-22(30(32,33)34)24(18-6-8-19(31)9-7-18)26-25(21)41(29(43)38-27)14-20(15-44-26)37-23-5-3-4-10-40(23)28(35)42/h3-11,16-17,20,36H,12-15H2,1-2H3,(H2,35,42)/t16-,17+,20-/m0/s1. The molecule has 14 heteroatoms. The lowest BCUT2D eigenvalue weighted by molar-refractivity contribution is -0.137. The molecular formula is C30H29F4N7O2S. The summed E-state index contributed by atoms with van der Waals surface area (Å²) in [4.78, 5) is 36.9. The molecule has 4 heterocycles. The van der Waals surface area contributed by atoms with Crippen molar-refractivity contribution in [3.8, 4) is 11.1 Å². The van der Waals surface area contributed by atoms with Gasteiger partial charge >= 0.3 is 17.9 Å². The predicted octanol–water partition coefficient (Wildman–Crippen LogP) is 4.21. The number of alkyl halides is 3. The smallest absolute Gasteiger partial charge is 0.353 e. The van der Waals surface area contributed by atoms with Crippen molar-refractivity contribution < 1.29 is 22.4 Å². The van der Waals surface area contributed by atoms with E-state index >= 15 is 0 Å². The minimum atomic E-state index is -4.77. The first-order chi connectivity index (χ1) is 20.9. The number of halogens is 4. The lowest BCUT2D eigenvalue weighted by atomic mass is 9.96. The number of nitrogens with zero attached hydrogens (tertiary/aromatic N) is 5. The second-order valence-electron chi connectivity index (χ2n) is 11.1. The van der Waals surface area contributed by atoms with Gasteiger partial charge < -0.3 is 16.0 Å². The molecule has 9 nitrogen and oxygen atoms in total. The number of aromatic nitrogens is 3. The van der Waals surface area contributed by atoms with Crippen LogP contribution in [0.3, 0.4) is 0 Å². The van der Waals surface area contributed by atoms with Crippen LogP contribution in [0.15, 0.2) is 69.4 Å². The van der Waals surface area contributed by atoms with Gasteiger partial charge in [-0.1, -0.05) is 18.2 Å². The minimum Gasteiger partial charge on any atom is -0.353 e. The molecule has 44 heavy (non-hydrogen) atoms. The second kappa shape index (κ2) is 11.4. The number of primary amides is 1. The number of hydrogen-bond acceptors (Lipinski definition) is 7. The van der Waals surface area contributed by atoms with Gasteiger partial charge in [-0.15, -0.1) is 11.8 Å². The first-order valence-electron chi connectivity index (χ1n) is 14.0. The highest BCUT2D eigenvalue weighted by Crippen LogP contribution is 2.48. The van der Waals surface area contributed by atoms with Gasteiger partial charge in [0.25, 0.3) is 0 Å². The molecule has 0 saturated carbocycles. The Hall–Kier alpha value is -4.17. The third kappa shape index (κ3) is 5.59. The summed E-state index contributed by atoms with van der Waals surface area (Å²) in [6, 6.07) is 9.39. The van der Waals surface area contributed by atoms with Crippen molar-refractivity contribution in [2.45, 2.75) is 49.6 Å². The predicted molar refractivity (Wildman–Crippen MR) is 160 cm³/mol. The number of rotatable bonds is 3. The number of carbonyl (C=O) groups is 1. The van der Waals surface area contributed by atoms with E-state index in [2.05, 4.69) is 10.3 Å². The Bertz CT molecular complexity index is 1880. The molecule has 2 aromatic heterocycles. The maximum absolute atomic E-state index is 14.9. The Morgan fingerprint density at radius 2 is 1.80 bits per heavy atom. The Labute approximate surface area is 253 Å². The fraction of sp³-hybridized carbons (Fsp3) is 0.333. The number of anilines is 1. The van der Waals surface area contributed by atoms with Crippen molar-refractivity contribution >= 4 is 34.5 Å². The molecule has 3 N–H and O–H groups in total. The van der Waals surface area contributed by atoms with Gasteiger partial charge in [0.2, 0.25) is 0 Å². The number of hydrogen-bond donors (Lipinski definition) is 2. The largest absolute Gasteiger partial charge is 0.417 e. The summed E-state index contributed by atoms with van der Waals surface area (Å²) in [5.74, 6) is -0.225. The van der Waals surface area contributed by atoms with E-state index in [1.165, 1.54) is 22.9 Å². The molecule has 3 atom stereocenters. The van der Waals surface area contributed by atoms with E-state index in [0.717, 1.165) is 34.5 Å². The Kier molecular flexibility index (Phi) is 7.74. The van der Waals surface area contributed by atoms with Gasteiger partial charge in [-0.05, 0) is 49.7 Å². The van der Waals surface area contributed by atoms with Crippen molar-refractivity contribution in [1.82, 2.24) is 19.4 Å². The molecule has 230 valence electrons. The summed E-state index contributed by atoms with van der Waals surface area (Å²) in [6.45, 7) is 4.81. The third-order valence-corrected chi connectivity index (χ3v) is 8.94. The molecule has 0 unspecified atom stereocenters. The summed E-state index contributed by atoms with van der Waals surface area (Å²) in [7, 11) is 0. The second-order valence-corrected chi connectivity index (χ2v) is 12.1. The molecular weight excluding hydrogens is 598 g/mol. The summed E-state index contributed by atoms with van der Waals surface area (Å²) in [6.07, 6.45) is -3.32. The molecule has 0 aliphatic carbocycles. The van der Waals surface area contributed by atoms with Gasteiger partial charge in [0.15, 0.2) is 0 Å². The lowest BCUT2D eigenvalue weighted by Gasteiger charge is -2.37. The third-order valence-electron chi connectivity index (χ3n) is 7.70. The Balaban J connectivity index is 1.65. The monoisotopic (exact) mass is 627 g/mol. The molecule has 1 amide bonds. The average molecular weight is 628 g/mol. The van der Waals surface area contributed by atoms with Crippen molar-refractivity contribution in [3.63, 3.8) is 0 Å². The highest BCUT2D eigenvalue weighted by atomic mass is 32.2. The van der Waals surface area contributed by atoms with E-state index in [0.29, 0.717) is 18.6 Å². The zero-order valence-corrected chi connectivity index (χ0v) is 24.6. The molecule has 2 aromatic carbocycles. The van der Waals surface area contributed by atoms with Gasteiger partial charge in [0, 0.05) is 53.0 Å². The zero-order chi connectivity index (χ0) is 31.3. The lowest BCUT2D eigenvalue weighted by Crippen LogP contribution is -2.55. The van der Waals surface area contributed by atoms with Gasteiger partial charge in [-0.3, -0.25) is 14.1 Å². The first kappa shape index (κ1) is 29.9. The number of piperazine rings is 1. The van der Waals surface area contributed by atoms with Crippen LogP contribution < -0.4 is 27.1 Å². The fourth-order valence-corrected chi connectivity index (χ4v) is 7.27. The van der Waals surface area contributed by atoms with Crippen LogP contribution in [0.1, 0.15) is 19.4 Å². The Morgan fingerprint density at radius 1 is 1.09 bits per heavy atom. The number of thioether (sulfide) groups is 1. The summed E-state index contributed by atoms with van der Waals surface area (Å²) in [5.41, 5.74) is 4.55. The van der Waals surface area contributed by atoms with Gasteiger partial charge in [-0.25, -0.2) is 14.0 Å². The highest BCUT2D eigenvalue weighted by molar-refractivity contribution is 7.99. The number of pyridine rings is 1. The van der Waals surface area contributed by atoms with Crippen LogP contribution in [0.25, 0.3) is 22.0 Å². The van der Waals surface area contributed by atoms with Crippen molar-refractivity contribution in [2.24, 2.45) is 10.7 Å².